The molecule has 7 heteroatoms. The lowest BCUT2D eigenvalue weighted by Gasteiger charge is -2.20. The van der Waals surface area contributed by atoms with Gasteiger partial charge in [-0.2, -0.15) is 15.1 Å². The van der Waals surface area contributed by atoms with Gasteiger partial charge in [-0.25, -0.2) is 0 Å². The largest absolute Gasteiger partial charge is 0.317 e. The number of aryl methyl sites for hydroxylation is 3. The van der Waals surface area contributed by atoms with Crippen molar-refractivity contribution in [2.45, 2.75) is 59.8 Å². The molecule has 1 N–H and O–H groups in total. The average Bonchev–Trinajstić information content (AvgIpc) is 3.33. The highest BCUT2D eigenvalue weighted by molar-refractivity contribution is 8.27. The van der Waals surface area contributed by atoms with Crippen LogP contribution in [0.25, 0.3) is 11.8 Å². The van der Waals surface area contributed by atoms with Crippen molar-refractivity contribution in [2.24, 2.45) is 16.0 Å². The highest BCUT2D eigenvalue weighted by atomic mass is 32.2. The molecule has 0 spiro atoms. The van der Waals surface area contributed by atoms with Gasteiger partial charge in [-0.3, -0.25) is 10.2 Å². The van der Waals surface area contributed by atoms with E-state index in [1.807, 2.05) is 0 Å². The van der Waals surface area contributed by atoms with E-state index in [1.165, 1.54) is 47.8 Å². The van der Waals surface area contributed by atoms with Crippen LogP contribution in [-0.2, 0) is 4.79 Å². The average molecular weight is 460 g/mol. The van der Waals surface area contributed by atoms with Crippen LogP contribution in [0.3, 0.4) is 0 Å². The molecule has 6 nitrogen and oxygen atoms in total. The topological polar surface area (TPSA) is 73.8 Å². The predicted molar refractivity (Wildman–Crippen MR) is 136 cm³/mol. The number of benzene rings is 1. The summed E-state index contributed by atoms with van der Waals surface area (Å²) in [6.45, 7) is 8.36. The van der Waals surface area contributed by atoms with Crippen molar-refractivity contribution in [3.63, 3.8) is 0 Å². The number of fused-ring (bicyclic) bond motifs is 1. The van der Waals surface area contributed by atoms with Crippen molar-refractivity contribution < 1.29 is 4.79 Å². The molecule has 3 aliphatic rings. The molecule has 0 bridgehead atoms. The van der Waals surface area contributed by atoms with Crippen molar-refractivity contribution in [1.29, 1.82) is 5.41 Å². The van der Waals surface area contributed by atoms with Gasteiger partial charge in [0.1, 0.15) is 5.04 Å². The summed E-state index contributed by atoms with van der Waals surface area (Å²) in [6, 6.07) is 8.37. The molecule has 3 heterocycles. The number of nitrogens with zero attached hydrogens (tertiary/aromatic N) is 4. The monoisotopic (exact) mass is 459 g/mol. The van der Waals surface area contributed by atoms with Crippen molar-refractivity contribution >= 4 is 39.8 Å². The molecule has 0 unspecified atom stereocenters. The molecular weight excluding hydrogens is 430 g/mol. The Morgan fingerprint density at radius 2 is 1.79 bits per heavy atom. The van der Waals surface area contributed by atoms with E-state index in [2.05, 4.69) is 61.5 Å². The van der Waals surface area contributed by atoms with Crippen LogP contribution < -0.4 is 0 Å². The first-order valence-corrected chi connectivity index (χ1v) is 12.4. The van der Waals surface area contributed by atoms with Gasteiger partial charge in [0, 0.05) is 17.3 Å². The first kappa shape index (κ1) is 21.9. The van der Waals surface area contributed by atoms with Gasteiger partial charge < -0.3 is 4.57 Å². The van der Waals surface area contributed by atoms with E-state index in [9.17, 15) is 4.79 Å². The third-order valence-electron chi connectivity index (χ3n) is 6.86. The molecule has 170 valence electrons. The molecule has 1 amide bonds. The molecule has 0 atom stereocenters. The van der Waals surface area contributed by atoms with Crippen LogP contribution in [0, 0.1) is 39.0 Å². The van der Waals surface area contributed by atoms with E-state index in [0.29, 0.717) is 11.1 Å². The number of carbonyl (C=O) groups excluding carboxylic acids is 1. The van der Waals surface area contributed by atoms with E-state index in [-0.39, 0.29) is 17.3 Å². The minimum Gasteiger partial charge on any atom is -0.317 e. The summed E-state index contributed by atoms with van der Waals surface area (Å²) in [5.74, 6) is 0.166. The second-order valence-corrected chi connectivity index (χ2v) is 10.2. The lowest BCUT2D eigenvalue weighted by Crippen LogP contribution is -2.35. The molecule has 1 aliphatic carbocycles. The number of amides is 1. The molecule has 1 fully saturated rings. The van der Waals surface area contributed by atoms with Gasteiger partial charge in [0.15, 0.2) is 5.84 Å². The smallest absolute Gasteiger partial charge is 0.283 e. The normalized spacial score (nSPS) is 20.4. The Morgan fingerprint density at radius 3 is 2.48 bits per heavy atom. The highest BCUT2D eigenvalue weighted by Crippen LogP contribution is 2.36. The highest BCUT2D eigenvalue weighted by Gasteiger charge is 2.38. The number of rotatable bonds is 3. The van der Waals surface area contributed by atoms with Crippen molar-refractivity contribution in [1.82, 2.24) is 9.58 Å². The quantitative estimate of drug-likeness (QED) is 0.580. The van der Waals surface area contributed by atoms with E-state index in [1.54, 1.807) is 11.1 Å². The van der Waals surface area contributed by atoms with Gasteiger partial charge in [-0.1, -0.05) is 37.5 Å². The molecule has 2 aromatic rings. The Bertz CT molecular complexity index is 1240. The number of thioether (sulfide) groups is 1. The fourth-order valence-electron chi connectivity index (χ4n) is 5.11. The summed E-state index contributed by atoms with van der Waals surface area (Å²) in [5.41, 5.74) is 6.90. The number of amidine groups is 2. The Kier molecular flexibility index (Phi) is 5.60. The third-order valence-corrected chi connectivity index (χ3v) is 7.93. The predicted octanol–water partition coefficient (Wildman–Crippen LogP) is 5.91. The molecule has 1 aromatic carbocycles. The third kappa shape index (κ3) is 3.78. The summed E-state index contributed by atoms with van der Waals surface area (Å²) in [7, 11) is 0. The number of carbonyl (C=O) groups is 1. The lowest BCUT2D eigenvalue weighted by atomic mass is 9.90. The molecule has 2 aliphatic heterocycles. The Labute approximate surface area is 199 Å². The van der Waals surface area contributed by atoms with Gasteiger partial charge in [0.25, 0.3) is 5.91 Å². The maximum Gasteiger partial charge on any atom is 0.283 e. The lowest BCUT2D eigenvalue weighted by molar-refractivity contribution is -0.114. The number of hydrogen-bond donors (Lipinski definition) is 1. The van der Waals surface area contributed by atoms with Crippen LogP contribution in [0.5, 0.6) is 0 Å². The van der Waals surface area contributed by atoms with Crippen molar-refractivity contribution in [3.05, 3.63) is 57.9 Å². The summed E-state index contributed by atoms with van der Waals surface area (Å²) in [6.07, 6.45) is 7.77. The van der Waals surface area contributed by atoms with Gasteiger partial charge >= 0.3 is 0 Å². The minimum absolute atomic E-state index is 0.111. The molecule has 1 saturated carbocycles. The maximum absolute atomic E-state index is 12.9. The Balaban J connectivity index is 1.50. The summed E-state index contributed by atoms with van der Waals surface area (Å²) in [4.78, 5) is 17.2. The molecule has 0 saturated heterocycles. The molecular formula is C26H29N5OS. The van der Waals surface area contributed by atoms with Gasteiger partial charge in [-0.05, 0) is 81.1 Å². The molecule has 1 aromatic heterocycles. The van der Waals surface area contributed by atoms with E-state index >= 15 is 0 Å². The van der Waals surface area contributed by atoms with E-state index in [0.717, 1.165) is 34.8 Å². The van der Waals surface area contributed by atoms with Crippen molar-refractivity contribution in [2.75, 3.05) is 0 Å². The van der Waals surface area contributed by atoms with E-state index in [4.69, 9.17) is 10.5 Å². The first-order chi connectivity index (χ1) is 15.8. The van der Waals surface area contributed by atoms with Gasteiger partial charge in [0.05, 0.1) is 11.3 Å². The van der Waals surface area contributed by atoms with E-state index < -0.39 is 0 Å². The molecule has 0 radical (unpaired) electrons. The number of aromatic nitrogens is 1. The van der Waals surface area contributed by atoms with Crippen LogP contribution in [-0.4, -0.2) is 31.5 Å². The van der Waals surface area contributed by atoms with Crippen molar-refractivity contribution in [3.8, 4) is 5.69 Å². The zero-order chi connectivity index (χ0) is 23.3. The van der Waals surface area contributed by atoms with Crippen LogP contribution in [0.15, 0.2) is 39.9 Å². The summed E-state index contributed by atoms with van der Waals surface area (Å²) in [5, 5.41) is 16.5. The number of aliphatic imine (C=N–C) groups is 1. The number of hydrogen-bond acceptors (Lipinski definition) is 4. The number of para-hydroxylation sites is 1. The van der Waals surface area contributed by atoms with Gasteiger partial charge in [-0.15, -0.1) is 0 Å². The van der Waals surface area contributed by atoms with Crippen LogP contribution in [0.2, 0.25) is 0 Å². The zero-order valence-corrected chi connectivity index (χ0v) is 20.4. The Hall–Kier alpha value is -2.93. The van der Waals surface area contributed by atoms with Crippen LogP contribution in [0.1, 0.15) is 60.2 Å². The van der Waals surface area contributed by atoms with Crippen LogP contribution in [0.4, 0.5) is 0 Å². The van der Waals surface area contributed by atoms with Crippen LogP contribution >= 0.6 is 11.8 Å². The second kappa shape index (κ2) is 8.45. The summed E-state index contributed by atoms with van der Waals surface area (Å²) < 4.78 is 2.23. The molecule has 33 heavy (non-hydrogen) atoms. The number of hydrazone groups is 1. The first-order valence-electron chi connectivity index (χ1n) is 11.6. The second-order valence-electron chi connectivity index (χ2n) is 9.20. The maximum atomic E-state index is 12.9. The van der Waals surface area contributed by atoms with Gasteiger partial charge in [0.2, 0.25) is 5.17 Å². The number of nitrogens with one attached hydrogen (secondary N) is 1. The molecule has 5 rings (SSSR count). The SMILES string of the molecule is Cc1cccc(C)c1-n1c(C)cc(C=C2C(=N)N3N=C(C4CCCCC4)SC3=NC2=O)c1C. The standard InChI is InChI=1S/C26H29N5OS/c1-15-9-8-10-16(2)22(15)30-17(3)13-20(18(30)4)14-21-23(27)31-26(28-24(21)32)33-25(29-31)19-11-6-5-7-12-19/h8-10,13-14,19,27H,5-7,11-12H2,1-4H3. The zero-order valence-electron chi connectivity index (χ0n) is 19.6. The fraction of sp³-hybridized carbons (Fsp3) is 0.385. The fourth-order valence-corrected chi connectivity index (χ4v) is 6.17. The Morgan fingerprint density at radius 1 is 1.09 bits per heavy atom. The summed E-state index contributed by atoms with van der Waals surface area (Å²) >= 11 is 1.46. The minimum atomic E-state index is -0.365.